The Morgan fingerprint density at radius 2 is 2.00 bits per heavy atom. The lowest BCUT2D eigenvalue weighted by molar-refractivity contribution is -0.120. The summed E-state index contributed by atoms with van der Waals surface area (Å²) in [5, 5.41) is 2.76. The minimum Gasteiger partial charge on any atom is -0.326 e. The molecule has 0 spiro atoms. The number of hydrogen-bond acceptors (Lipinski definition) is 1. The van der Waals surface area contributed by atoms with E-state index in [2.05, 4.69) is 18.5 Å². The highest BCUT2D eigenvalue weighted by atomic mass is 16.1. The van der Waals surface area contributed by atoms with Crippen molar-refractivity contribution >= 4 is 5.91 Å². The van der Waals surface area contributed by atoms with Crippen LogP contribution in [0.1, 0.15) is 33.6 Å². The molecule has 0 aromatic carbocycles. The van der Waals surface area contributed by atoms with Crippen molar-refractivity contribution < 1.29 is 4.79 Å². The topological polar surface area (TPSA) is 29.1 Å². The molecule has 1 amide bonds. The van der Waals surface area contributed by atoms with Crippen molar-refractivity contribution in [3.05, 3.63) is 36.1 Å². The Balaban J connectivity index is 0.000000791. The van der Waals surface area contributed by atoms with E-state index < -0.39 is 0 Å². The molecule has 78 valence electrons. The maximum Gasteiger partial charge on any atom is 0.224 e. The number of carbonyl (C=O) groups is 1. The van der Waals surface area contributed by atoms with Crippen LogP contribution in [0, 0.1) is 0 Å². The third-order valence-corrected chi connectivity index (χ3v) is 1.70. The van der Waals surface area contributed by atoms with Crippen molar-refractivity contribution in [2.45, 2.75) is 33.6 Å². The number of amides is 1. The number of rotatable bonds is 1. The molecule has 0 aromatic rings. The summed E-state index contributed by atoms with van der Waals surface area (Å²) >= 11 is 0. The minimum absolute atomic E-state index is 0.0647. The fraction of sp³-hybridized carbons (Fsp3) is 0.417. The summed E-state index contributed by atoms with van der Waals surface area (Å²) in [6.07, 6.45) is 3.15. The highest BCUT2D eigenvalue weighted by Crippen LogP contribution is 2.17. The summed E-state index contributed by atoms with van der Waals surface area (Å²) in [5.74, 6) is 0.0647. The van der Waals surface area contributed by atoms with Crippen LogP contribution in [-0.2, 0) is 4.79 Å². The van der Waals surface area contributed by atoms with Crippen molar-refractivity contribution in [2.24, 2.45) is 0 Å². The van der Waals surface area contributed by atoms with Crippen LogP contribution in [0.25, 0.3) is 0 Å². The van der Waals surface area contributed by atoms with Crippen LogP contribution in [0.4, 0.5) is 0 Å². The number of hydrogen-bond donors (Lipinski definition) is 1. The molecule has 0 unspecified atom stereocenters. The molecule has 14 heavy (non-hydrogen) atoms. The first-order valence-electron chi connectivity index (χ1n) is 4.95. The maximum absolute atomic E-state index is 11.0. The third-order valence-electron chi connectivity index (χ3n) is 1.70. The second-order valence-corrected chi connectivity index (χ2v) is 3.06. The lowest BCUT2D eigenvalue weighted by atomic mass is 10.0. The summed E-state index contributed by atoms with van der Waals surface area (Å²) in [5.41, 5.74) is 2.73. The molecule has 1 saturated heterocycles. The van der Waals surface area contributed by atoms with Gasteiger partial charge in [-0.1, -0.05) is 32.6 Å². The zero-order chi connectivity index (χ0) is 11.1. The lowest BCUT2D eigenvalue weighted by Gasteiger charge is -2.17. The van der Waals surface area contributed by atoms with Gasteiger partial charge in [0.2, 0.25) is 5.91 Å². The first-order valence-corrected chi connectivity index (χ1v) is 4.95. The molecular weight excluding hydrogens is 174 g/mol. The SMILES string of the molecule is C=C(C)/C=C1/NC(=O)CCC1=C.CC. The van der Waals surface area contributed by atoms with Crippen LogP contribution in [-0.4, -0.2) is 5.91 Å². The molecule has 1 heterocycles. The van der Waals surface area contributed by atoms with E-state index in [1.165, 1.54) is 0 Å². The largest absolute Gasteiger partial charge is 0.326 e. The van der Waals surface area contributed by atoms with Gasteiger partial charge in [0.25, 0.3) is 0 Å². The molecular formula is C12H19NO. The third kappa shape index (κ3) is 4.08. The number of carbonyl (C=O) groups excluding carboxylic acids is 1. The summed E-state index contributed by atoms with van der Waals surface area (Å²) in [6.45, 7) is 13.5. The van der Waals surface area contributed by atoms with E-state index in [1.807, 2.05) is 26.8 Å². The van der Waals surface area contributed by atoms with Gasteiger partial charge in [-0.3, -0.25) is 4.79 Å². The second-order valence-electron chi connectivity index (χ2n) is 3.06. The normalized spacial score (nSPS) is 18.4. The van der Waals surface area contributed by atoms with Crippen LogP contribution in [0.2, 0.25) is 0 Å². The number of allylic oxidation sites excluding steroid dienone is 3. The Morgan fingerprint density at radius 3 is 2.50 bits per heavy atom. The second kappa shape index (κ2) is 6.19. The van der Waals surface area contributed by atoms with Crippen LogP contribution in [0.15, 0.2) is 36.1 Å². The van der Waals surface area contributed by atoms with Crippen LogP contribution >= 0.6 is 0 Å². The van der Waals surface area contributed by atoms with Crippen LogP contribution in [0.5, 0.6) is 0 Å². The van der Waals surface area contributed by atoms with Gasteiger partial charge >= 0.3 is 0 Å². The summed E-state index contributed by atoms with van der Waals surface area (Å²) in [7, 11) is 0. The van der Waals surface area contributed by atoms with E-state index in [4.69, 9.17) is 0 Å². The van der Waals surface area contributed by atoms with E-state index in [0.717, 1.165) is 23.3 Å². The zero-order valence-corrected chi connectivity index (χ0v) is 9.31. The molecule has 1 aliphatic heterocycles. The maximum atomic E-state index is 11.0. The van der Waals surface area contributed by atoms with Crippen molar-refractivity contribution in [2.75, 3.05) is 0 Å². The molecule has 0 aliphatic carbocycles. The van der Waals surface area contributed by atoms with Gasteiger partial charge in [-0.25, -0.2) is 0 Å². The predicted octanol–water partition coefficient (Wildman–Crippen LogP) is 2.94. The van der Waals surface area contributed by atoms with E-state index in [-0.39, 0.29) is 5.91 Å². The lowest BCUT2D eigenvalue weighted by Crippen LogP contribution is -2.28. The number of piperidine rings is 1. The Hall–Kier alpha value is -1.31. The minimum atomic E-state index is 0.0647. The van der Waals surface area contributed by atoms with E-state index in [9.17, 15) is 4.79 Å². The summed E-state index contributed by atoms with van der Waals surface area (Å²) in [4.78, 5) is 11.0. The molecule has 1 N–H and O–H groups in total. The van der Waals surface area contributed by atoms with Gasteiger partial charge in [-0.05, 0) is 25.0 Å². The van der Waals surface area contributed by atoms with E-state index >= 15 is 0 Å². The van der Waals surface area contributed by atoms with Gasteiger partial charge in [-0.15, -0.1) is 0 Å². The quantitative estimate of drug-likeness (QED) is 0.681. The fourth-order valence-corrected chi connectivity index (χ4v) is 1.08. The van der Waals surface area contributed by atoms with Crippen LogP contribution in [0.3, 0.4) is 0 Å². The predicted molar refractivity (Wildman–Crippen MR) is 60.8 cm³/mol. The van der Waals surface area contributed by atoms with Crippen molar-refractivity contribution in [1.29, 1.82) is 0 Å². The smallest absolute Gasteiger partial charge is 0.224 e. The monoisotopic (exact) mass is 193 g/mol. The highest BCUT2D eigenvalue weighted by molar-refractivity contribution is 5.81. The van der Waals surface area contributed by atoms with Gasteiger partial charge < -0.3 is 5.32 Å². The number of nitrogens with one attached hydrogen (secondary N) is 1. The molecule has 2 nitrogen and oxygen atoms in total. The van der Waals surface area contributed by atoms with Crippen LogP contribution < -0.4 is 5.32 Å². The van der Waals surface area contributed by atoms with Gasteiger partial charge in [-0.2, -0.15) is 0 Å². The average molecular weight is 193 g/mol. The van der Waals surface area contributed by atoms with Crippen molar-refractivity contribution in [3.63, 3.8) is 0 Å². The van der Waals surface area contributed by atoms with Crippen molar-refractivity contribution in [1.82, 2.24) is 5.32 Å². The molecule has 0 atom stereocenters. The van der Waals surface area contributed by atoms with E-state index in [0.29, 0.717) is 6.42 Å². The molecule has 1 aliphatic rings. The fourth-order valence-electron chi connectivity index (χ4n) is 1.08. The molecule has 1 rings (SSSR count). The standard InChI is InChI=1S/C10H13NO.C2H6/c1-7(2)6-9-8(3)4-5-10(12)11-9;1-2/h6H,1,3-5H2,2H3,(H,11,12);1-2H3/b9-6+;. The van der Waals surface area contributed by atoms with Gasteiger partial charge in [0.15, 0.2) is 0 Å². The Morgan fingerprint density at radius 1 is 1.43 bits per heavy atom. The zero-order valence-electron chi connectivity index (χ0n) is 9.31. The van der Waals surface area contributed by atoms with E-state index in [1.54, 1.807) is 0 Å². The molecule has 0 bridgehead atoms. The molecule has 2 heteroatoms. The van der Waals surface area contributed by atoms with Gasteiger partial charge in [0.1, 0.15) is 0 Å². The average Bonchev–Trinajstić information content (AvgIpc) is 2.14. The summed E-state index contributed by atoms with van der Waals surface area (Å²) < 4.78 is 0. The Labute approximate surface area is 86.4 Å². The Bertz CT molecular complexity index is 274. The first kappa shape index (κ1) is 12.7. The first-order chi connectivity index (χ1) is 6.59. The molecule has 0 saturated carbocycles. The van der Waals surface area contributed by atoms with Crippen molar-refractivity contribution in [3.8, 4) is 0 Å². The molecule has 0 aromatic heterocycles. The van der Waals surface area contributed by atoms with Gasteiger partial charge in [0.05, 0.1) is 0 Å². The Kier molecular flexibility index (Phi) is 5.61. The molecule has 1 fully saturated rings. The van der Waals surface area contributed by atoms with Gasteiger partial charge in [0, 0.05) is 12.1 Å². The highest BCUT2D eigenvalue weighted by Gasteiger charge is 2.14. The molecule has 0 radical (unpaired) electrons. The summed E-state index contributed by atoms with van der Waals surface area (Å²) in [6, 6.07) is 0.